The molecule has 0 saturated carbocycles. The molecule has 1 atom stereocenters. The van der Waals surface area contributed by atoms with Gasteiger partial charge in [-0.15, -0.1) is 21.5 Å². The van der Waals surface area contributed by atoms with E-state index in [0.717, 1.165) is 46.5 Å². The van der Waals surface area contributed by atoms with E-state index in [0.29, 0.717) is 29.1 Å². The first-order valence-corrected chi connectivity index (χ1v) is 10.2. The SMILES string of the molecule is CC(=O)c1nnc(OC[C@H]2CCCNC2)c2cc(-c3ccc(Cl)cc3)sc12. The third-order valence-corrected chi connectivity index (χ3v) is 6.18. The van der Waals surface area contributed by atoms with Gasteiger partial charge in [0.15, 0.2) is 5.78 Å². The molecule has 1 fully saturated rings. The standard InChI is InChI=1S/C20H20ClN3O2S/c1-12(25)18-19-16(9-17(27-19)14-4-6-15(21)7-5-14)20(24-23-18)26-11-13-3-2-8-22-10-13/h4-7,9,13,22H,2-3,8,10-11H2,1H3/t13-/m0/s1. The average Bonchev–Trinajstić information content (AvgIpc) is 3.12. The molecule has 7 heteroatoms. The Hall–Kier alpha value is -2.02. The van der Waals surface area contributed by atoms with Crippen molar-refractivity contribution in [2.75, 3.05) is 19.7 Å². The highest BCUT2D eigenvalue weighted by Crippen LogP contribution is 2.38. The van der Waals surface area contributed by atoms with Crippen LogP contribution in [-0.4, -0.2) is 35.7 Å². The van der Waals surface area contributed by atoms with Crippen LogP contribution in [0, 0.1) is 5.92 Å². The smallest absolute Gasteiger partial charge is 0.242 e. The summed E-state index contributed by atoms with van der Waals surface area (Å²) >= 11 is 7.53. The lowest BCUT2D eigenvalue weighted by atomic mass is 10.0. The second-order valence-corrected chi connectivity index (χ2v) is 8.28. The molecule has 0 radical (unpaired) electrons. The van der Waals surface area contributed by atoms with Crippen LogP contribution in [-0.2, 0) is 0 Å². The van der Waals surface area contributed by atoms with Gasteiger partial charge in [0.1, 0.15) is 5.69 Å². The summed E-state index contributed by atoms with van der Waals surface area (Å²) in [6.45, 7) is 4.15. The highest BCUT2D eigenvalue weighted by Gasteiger charge is 2.20. The van der Waals surface area contributed by atoms with Gasteiger partial charge in [-0.05, 0) is 43.1 Å². The molecule has 0 unspecified atom stereocenters. The quantitative estimate of drug-likeness (QED) is 0.633. The van der Waals surface area contributed by atoms with Crippen molar-refractivity contribution in [3.05, 3.63) is 41.0 Å². The highest BCUT2D eigenvalue weighted by atomic mass is 35.5. The number of rotatable bonds is 5. The summed E-state index contributed by atoms with van der Waals surface area (Å²) in [7, 11) is 0. The lowest BCUT2D eigenvalue weighted by molar-refractivity contribution is 0.101. The number of aromatic nitrogens is 2. The molecule has 140 valence electrons. The Morgan fingerprint density at radius 1 is 1.33 bits per heavy atom. The van der Waals surface area contributed by atoms with Gasteiger partial charge < -0.3 is 10.1 Å². The highest BCUT2D eigenvalue weighted by molar-refractivity contribution is 7.22. The maximum absolute atomic E-state index is 12.0. The van der Waals surface area contributed by atoms with E-state index in [2.05, 4.69) is 15.5 Å². The molecule has 5 nitrogen and oxygen atoms in total. The van der Waals surface area contributed by atoms with Crippen molar-refractivity contribution in [1.29, 1.82) is 0 Å². The molecule has 0 aliphatic carbocycles. The van der Waals surface area contributed by atoms with E-state index in [9.17, 15) is 4.79 Å². The third kappa shape index (κ3) is 3.98. The van der Waals surface area contributed by atoms with Gasteiger partial charge in [-0.25, -0.2) is 0 Å². The predicted molar refractivity (Wildman–Crippen MR) is 109 cm³/mol. The van der Waals surface area contributed by atoms with Crippen molar-refractivity contribution < 1.29 is 9.53 Å². The number of hydrogen-bond acceptors (Lipinski definition) is 6. The Morgan fingerprint density at radius 3 is 2.85 bits per heavy atom. The van der Waals surface area contributed by atoms with Crippen LogP contribution >= 0.6 is 22.9 Å². The lowest BCUT2D eigenvalue weighted by Gasteiger charge is -2.22. The van der Waals surface area contributed by atoms with Crippen LogP contribution in [0.2, 0.25) is 5.02 Å². The van der Waals surface area contributed by atoms with Crippen LogP contribution in [0.25, 0.3) is 20.5 Å². The van der Waals surface area contributed by atoms with Gasteiger partial charge in [0, 0.05) is 29.3 Å². The maximum Gasteiger partial charge on any atom is 0.242 e. The second-order valence-electron chi connectivity index (χ2n) is 6.79. The van der Waals surface area contributed by atoms with Crippen LogP contribution in [0.3, 0.4) is 0 Å². The number of nitrogens with zero attached hydrogens (tertiary/aromatic N) is 2. The number of carbonyl (C=O) groups excluding carboxylic acids is 1. The van der Waals surface area contributed by atoms with Gasteiger partial charge in [-0.2, -0.15) is 0 Å². The van der Waals surface area contributed by atoms with Crippen molar-refractivity contribution in [3.63, 3.8) is 0 Å². The summed E-state index contributed by atoms with van der Waals surface area (Å²) in [4.78, 5) is 13.0. The Bertz CT molecular complexity index is 965. The van der Waals surface area contributed by atoms with Crippen LogP contribution < -0.4 is 10.1 Å². The van der Waals surface area contributed by atoms with Gasteiger partial charge in [-0.1, -0.05) is 23.7 Å². The average molecular weight is 402 g/mol. The predicted octanol–water partition coefficient (Wildman–Crippen LogP) is 4.59. The monoisotopic (exact) mass is 401 g/mol. The number of ketones is 1. The number of fused-ring (bicyclic) bond motifs is 1. The fourth-order valence-corrected chi connectivity index (χ4v) is 4.59. The summed E-state index contributed by atoms with van der Waals surface area (Å²) in [5.74, 6) is 0.870. The Balaban J connectivity index is 1.70. The number of piperidine rings is 1. The summed E-state index contributed by atoms with van der Waals surface area (Å²) in [6, 6.07) is 9.68. The molecule has 0 amide bonds. The van der Waals surface area contributed by atoms with Gasteiger partial charge in [0.25, 0.3) is 0 Å². The van der Waals surface area contributed by atoms with Gasteiger partial charge >= 0.3 is 0 Å². The minimum Gasteiger partial charge on any atom is -0.476 e. The number of ether oxygens (including phenoxy) is 1. The molecule has 1 N–H and O–H groups in total. The third-order valence-electron chi connectivity index (χ3n) is 4.74. The summed E-state index contributed by atoms with van der Waals surface area (Å²) in [5, 5.41) is 13.3. The number of benzene rings is 1. The first-order chi connectivity index (χ1) is 13.1. The molecule has 2 aromatic heterocycles. The van der Waals surface area contributed by atoms with Crippen molar-refractivity contribution in [2.24, 2.45) is 5.92 Å². The Labute approximate surface area is 166 Å². The van der Waals surface area contributed by atoms with E-state index in [-0.39, 0.29) is 5.78 Å². The number of nitrogens with one attached hydrogen (secondary N) is 1. The Kier molecular flexibility index (Phi) is 5.38. The number of halogens is 1. The summed E-state index contributed by atoms with van der Waals surface area (Å²) < 4.78 is 6.84. The topological polar surface area (TPSA) is 64.1 Å². The number of Topliss-reactive ketones (excluding diaryl/α,β-unsaturated/α-hetero) is 1. The zero-order chi connectivity index (χ0) is 18.8. The summed E-state index contributed by atoms with van der Waals surface area (Å²) in [6.07, 6.45) is 2.31. The lowest BCUT2D eigenvalue weighted by Crippen LogP contribution is -2.33. The van der Waals surface area contributed by atoms with E-state index < -0.39 is 0 Å². The summed E-state index contributed by atoms with van der Waals surface area (Å²) in [5.41, 5.74) is 1.43. The van der Waals surface area contributed by atoms with Crippen LogP contribution in [0.15, 0.2) is 30.3 Å². The fourth-order valence-electron chi connectivity index (χ4n) is 3.28. The minimum absolute atomic E-state index is 0.0972. The van der Waals surface area contributed by atoms with Crippen molar-refractivity contribution in [2.45, 2.75) is 19.8 Å². The van der Waals surface area contributed by atoms with Crippen molar-refractivity contribution in [1.82, 2.24) is 15.5 Å². The van der Waals surface area contributed by atoms with Crippen LogP contribution in [0.5, 0.6) is 5.88 Å². The first-order valence-electron chi connectivity index (χ1n) is 9.02. The van der Waals surface area contributed by atoms with E-state index >= 15 is 0 Å². The molecule has 3 heterocycles. The van der Waals surface area contributed by atoms with Crippen LogP contribution in [0.4, 0.5) is 0 Å². The normalized spacial score (nSPS) is 17.2. The number of hydrogen-bond donors (Lipinski definition) is 1. The number of carbonyl (C=O) groups is 1. The van der Waals surface area contributed by atoms with E-state index in [4.69, 9.17) is 16.3 Å². The van der Waals surface area contributed by atoms with Crippen molar-refractivity contribution in [3.8, 4) is 16.3 Å². The van der Waals surface area contributed by atoms with Crippen molar-refractivity contribution >= 4 is 38.8 Å². The minimum atomic E-state index is -0.0972. The number of thiophene rings is 1. The molecule has 1 aromatic carbocycles. The van der Waals surface area contributed by atoms with E-state index in [1.807, 2.05) is 30.3 Å². The maximum atomic E-state index is 12.0. The van der Waals surface area contributed by atoms with Crippen LogP contribution in [0.1, 0.15) is 30.3 Å². The molecule has 27 heavy (non-hydrogen) atoms. The zero-order valence-corrected chi connectivity index (χ0v) is 16.6. The van der Waals surface area contributed by atoms with Gasteiger partial charge in [-0.3, -0.25) is 4.79 Å². The van der Waals surface area contributed by atoms with Gasteiger partial charge in [0.2, 0.25) is 5.88 Å². The van der Waals surface area contributed by atoms with Gasteiger partial charge in [0.05, 0.1) is 16.7 Å². The molecular formula is C20H20ClN3O2S. The fraction of sp³-hybridized carbons (Fsp3) is 0.350. The second kappa shape index (κ2) is 7.92. The zero-order valence-electron chi connectivity index (χ0n) is 15.0. The molecule has 3 aromatic rings. The van der Waals surface area contributed by atoms with E-state index in [1.54, 1.807) is 0 Å². The molecule has 1 aliphatic rings. The molecule has 1 saturated heterocycles. The molecule has 4 rings (SSSR count). The molecular weight excluding hydrogens is 382 g/mol. The first kappa shape index (κ1) is 18.3. The molecule has 1 aliphatic heterocycles. The molecule has 0 bridgehead atoms. The Morgan fingerprint density at radius 2 is 2.15 bits per heavy atom. The van der Waals surface area contributed by atoms with E-state index in [1.165, 1.54) is 18.3 Å². The molecule has 0 spiro atoms. The largest absolute Gasteiger partial charge is 0.476 e.